The topological polar surface area (TPSA) is 357 Å². The molecule has 0 bridgehead atoms. The summed E-state index contributed by atoms with van der Waals surface area (Å²) in [5.74, 6) is 0.284. The minimum absolute atomic E-state index is 0. The van der Waals surface area contributed by atoms with Gasteiger partial charge in [-0.05, 0) is 41.8 Å². The largest absolute Gasteiger partial charge is 0.494 e. The van der Waals surface area contributed by atoms with Gasteiger partial charge in [0.05, 0.1) is 48.1 Å². The van der Waals surface area contributed by atoms with Crippen molar-refractivity contribution in [3.8, 4) is 40.0 Å². The third-order valence-corrected chi connectivity index (χ3v) is 12.5. The molecule has 3 saturated heterocycles. The number of anilines is 5. The Morgan fingerprint density at radius 2 is 1.09 bits per heavy atom. The molecule has 3 aromatic carbocycles. The van der Waals surface area contributed by atoms with E-state index in [1.54, 1.807) is 107 Å². The molecule has 28 nitrogen and oxygen atoms in total. The van der Waals surface area contributed by atoms with Crippen molar-refractivity contribution in [3.63, 3.8) is 0 Å². The molecule has 0 spiro atoms. The predicted molar refractivity (Wildman–Crippen MR) is 328 cm³/mol. The smallest absolute Gasteiger partial charge is 0.409 e. The number of ether oxygens (including phenoxy) is 3. The lowest BCUT2D eigenvalue weighted by Gasteiger charge is -2.45. The van der Waals surface area contributed by atoms with E-state index in [0.29, 0.717) is 75.3 Å². The fourth-order valence-electron chi connectivity index (χ4n) is 8.44. The number of rotatable bonds is 12. The Morgan fingerprint density at radius 3 is 1.48 bits per heavy atom. The van der Waals surface area contributed by atoms with Crippen molar-refractivity contribution in [1.82, 2.24) is 75.7 Å². The molecule has 4 aromatic heterocycles. The highest BCUT2D eigenvalue weighted by Crippen LogP contribution is 2.39. The molecule has 7 heterocycles. The first-order valence-electron chi connectivity index (χ1n) is 29.0. The Hall–Kier alpha value is -9.41. The Kier molecular flexibility index (Phi) is 20.3. The van der Waals surface area contributed by atoms with Gasteiger partial charge in [-0.15, -0.1) is 32.8 Å². The van der Waals surface area contributed by atoms with Crippen molar-refractivity contribution >= 4 is 82.5 Å². The second kappa shape index (κ2) is 29.9. The summed E-state index contributed by atoms with van der Waals surface area (Å²) in [6, 6.07) is 21.2. The molecule has 0 atom stereocenters. The van der Waals surface area contributed by atoms with Crippen LogP contribution < -0.4 is 57.6 Å². The van der Waals surface area contributed by atoms with Gasteiger partial charge in [-0.25, -0.2) is 24.4 Å². The number of aryl methyl sites for hydroxylation is 2. The van der Waals surface area contributed by atoms with Crippen LogP contribution in [0.3, 0.4) is 0 Å². The Bertz CT molecular complexity index is 3690. The lowest BCUT2D eigenvalue weighted by atomic mass is 9.85. The van der Waals surface area contributed by atoms with Gasteiger partial charge in [0.15, 0.2) is 45.5 Å². The zero-order valence-electron chi connectivity index (χ0n) is 55.0. The van der Waals surface area contributed by atoms with E-state index in [1.807, 2.05) is 16.7 Å². The van der Waals surface area contributed by atoms with Gasteiger partial charge in [-0.1, -0.05) is 83.5 Å². The lowest BCUT2D eigenvalue weighted by molar-refractivity contribution is 0.0665. The second-order valence-corrected chi connectivity index (χ2v) is 22.0. The first-order chi connectivity index (χ1) is 42.5. The minimum atomic E-state index is -2.74. The monoisotopic (exact) mass is 1230 g/mol. The van der Waals surface area contributed by atoms with Gasteiger partial charge in [0.25, 0.3) is 11.8 Å². The molecule has 7 amide bonds. The molecule has 460 valence electrons. The average Bonchev–Trinajstić information content (AvgIpc) is 1.11. The van der Waals surface area contributed by atoms with Crippen molar-refractivity contribution in [2.24, 2.45) is 41.8 Å². The van der Waals surface area contributed by atoms with Gasteiger partial charge in [0, 0.05) is 98.5 Å². The SMILES string of the molecule is CC1(C)CN(C(N)=O)C1.CC1(C)CNC1.Cl.NC(=O)Oc1ccccc1.[2H]C([2H])([2H])NC(=O)c1nnc(Cl)cc1Nc1cccc(-c2ncn(C)n2)c1OC.[2H]C([2H])([2H])NC(=O)c1nnc(NC(=O)N2CC(C)(C)C2)cc1Nc1cccc(-c2ncn(C)n2)c1OC. The lowest BCUT2D eigenvalue weighted by Crippen LogP contribution is -2.57. The summed E-state index contributed by atoms with van der Waals surface area (Å²) >= 11 is 5.91. The number of hydrogen-bond donors (Lipinski definition) is 8. The molecule has 30 heteroatoms. The number of carbonyl (C=O) groups is 5. The number of halogens is 2. The molecule has 0 unspecified atom stereocenters. The van der Waals surface area contributed by atoms with Crippen LogP contribution >= 0.6 is 24.0 Å². The number of para-hydroxylation sites is 3. The van der Waals surface area contributed by atoms with E-state index in [9.17, 15) is 24.0 Å². The minimum Gasteiger partial charge on any atom is -0.494 e. The van der Waals surface area contributed by atoms with Gasteiger partial charge in [-0.2, -0.15) is 10.2 Å². The summed E-state index contributed by atoms with van der Waals surface area (Å²) in [4.78, 5) is 70.0. The standard InChI is InChI=1S/C22H27N9O3.C16H16ClN7O2.C7H7NO2.C6H12N2O.C5H11N.ClH/c1-22(2)10-31(11-22)21(33)26-16-9-15(17(28-27-16)20(32)23-3)25-14-8-6-7-13(18(14)34-5)19-24-12-30(4)29-19;1-18-16(25)13-11(7-12(17)21-22-13)20-10-6-4-5-9(14(10)26-3)15-19-8-24(2)23-15;8-7(9)10-6-4-2-1-3-5-6;1-6(2)3-8(4-6)5(7)9;1-5(2)3-6-4-5;/h6-9,12H,10-11H2,1-5H3,(H,23,32)(H2,25,26,27,33);4-8H,1-3H3,(H,18,25)(H,20,21);1-5H,(H2,8,9);3-4H2,1-2H3,(H2,7,9);6H,3-4H2,1-2H3;1H/i3D3;1D3;;;;. The molecule has 86 heavy (non-hydrogen) atoms. The van der Waals surface area contributed by atoms with Crippen LogP contribution in [0, 0.1) is 16.2 Å². The maximum atomic E-state index is 12.7. The van der Waals surface area contributed by atoms with E-state index in [4.69, 9.17) is 40.8 Å². The quantitative estimate of drug-likeness (QED) is 0.0617. The number of hydrogen-bond acceptors (Lipinski definition) is 19. The molecule has 10 N–H and O–H groups in total. The Labute approximate surface area is 517 Å². The molecule has 0 aliphatic carbocycles. The number of benzene rings is 3. The summed E-state index contributed by atoms with van der Waals surface area (Å²) < 4.78 is 62.5. The summed E-state index contributed by atoms with van der Waals surface area (Å²) in [5, 5.41) is 39.5. The number of primary amides is 2. The van der Waals surface area contributed by atoms with E-state index in [0.717, 1.165) is 13.1 Å². The van der Waals surface area contributed by atoms with Crippen LogP contribution in [0.4, 0.5) is 43.0 Å². The third kappa shape index (κ3) is 18.8. The molecular weight excluding hydrogens is 1150 g/mol. The van der Waals surface area contributed by atoms with E-state index in [2.05, 4.69) is 108 Å². The van der Waals surface area contributed by atoms with Gasteiger partial charge < -0.3 is 62.1 Å². The van der Waals surface area contributed by atoms with Crippen LogP contribution in [0.1, 0.15) is 70.7 Å². The number of nitrogens with one attached hydrogen (secondary N) is 6. The summed E-state index contributed by atoms with van der Waals surface area (Å²) in [5.41, 5.74) is 12.5. The molecule has 0 radical (unpaired) electrons. The highest BCUT2D eigenvalue weighted by molar-refractivity contribution is 6.29. The number of amides is 7. The zero-order chi connectivity index (χ0) is 67.2. The van der Waals surface area contributed by atoms with Gasteiger partial charge in [-0.3, -0.25) is 24.3 Å². The fourth-order valence-corrected chi connectivity index (χ4v) is 8.58. The van der Waals surface area contributed by atoms with E-state index in [-0.39, 0.29) is 63.6 Å². The van der Waals surface area contributed by atoms with Crippen molar-refractivity contribution in [2.45, 2.75) is 41.5 Å². The van der Waals surface area contributed by atoms with Crippen LogP contribution in [0.5, 0.6) is 17.2 Å². The highest BCUT2D eigenvalue weighted by Gasteiger charge is 2.38. The maximum absolute atomic E-state index is 12.7. The maximum Gasteiger partial charge on any atom is 0.409 e. The number of likely N-dealkylation sites (tertiary alicyclic amines) is 2. The van der Waals surface area contributed by atoms with Crippen molar-refractivity contribution < 1.29 is 46.4 Å². The second-order valence-electron chi connectivity index (χ2n) is 21.6. The number of urea groups is 2. The van der Waals surface area contributed by atoms with Crippen LogP contribution in [-0.4, -0.2) is 157 Å². The van der Waals surface area contributed by atoms with Crippen molar-refractivity contribution in [2.75, 3.05) is 83.4 Å². The number of carbonyl (C=O) groups excluding carboxylic acids is 5. The summed E-state index contributed by atoms with van der Waals surface area (Å²) in [6.45, 7) is 12.6. The number of nitrogens with zero attached hydrogens (tertiary/aromatic N) is 12. The van der Waals surface area contributed by atoms with Gasteiger partial charge in [0.2, 0.25) is 0 Å². The predicted octanol–water partition coefficient (Wildman–Crippen LogP) is 6.88. The fraction of sp³-hybridized carbons (Fsp3) is 0.375. The third-order valence-electron chi connectivity index (χ3n) is 12.4. The number of nitrogens with two attached hydrogens (primary N) is 2. The molecule has 0 saturated carbocycles. The Morgan fingerprint density at radius 1 is 0.628 bits per heavy atom. The normalized spacial score (nSPS) is 15.6. The molecule has 7 aromatic rings. The van der Waals surface area contributed by atoms with E-state index in [1.165, 1.54) is 39.4 Å². The average molecular weight is 1230 g/mol. The van der Waals surface area contributed by atoms with Crippen LogP contribution in [0.15, 0.2) is 91.5 Å². The molecule has 3 fully saturated rings. The summed E-state index contributed by atoms with van der Waals surface area (Å²) in [7, 11) is 6.43. The zero-order valence-corrected chi connectivity index (χ0v) is 50.5. The van der Waals surface area contributed by atoms with E-state index < -0.39 is 31.9 Å². The van der Waals surface area contributed by atoms with Crippen molar-refractivity contribution in [1.29, 1.82) is 0 Å². The number of methoxy groups -OCH3 is 2. The van der Waals surface area contributed by atoms with Crippen LogP contribution in [-0.2, 0) is 14.1 Å². The van der Waals surface area contributed by atoms with Crippen molar-refractivity contribution in [3.05, 3.63) is 108 Å². The van der Waals surface area contributed by atoms with Gasteiger partial charge >= 0.3 is 18.2 Å². The van der Waals surface area contributed by atoms with Gasteiger partial charge in [0.1, 0.15) is 18.4 Å². The molecule has 3 aliphatic rings. The first kappa shape index (κ1) is 58.4. The summed E-state index contributed by atoms with van der Waals surface area (Å²) in [6.07, 6.45) is 2.32. The first-order valence-corrected chi connectivity index (χ1v) is 26.4. The Balaban J connectivity index is 0.000000243. The highest BCUT2D eigenvalue weighted by atomic mass is 35.5. The number of aromatic nitrogens is 10. The van der Waals surface area contributed by atoms with Crippen LogP contribution in [0.25, 0.3) is 22.8 Å². The van der Waals surface area contributed by atoms with E-state index >= 15 is 0 Å². The van der Waals surface area contributed by atoms with Crippen LogP contribution in [0.2, 0.25) is 5.15 Å². The molecule has 10 rings (SSSR count). The molecular formula is C56H74Cl2N20O8. The molecule has 3 aliphatic heterocycles.